The van der Waals surface area contributed by atoms with E-state index in [1.54, 1.807) is 36.4 Å². The van der Waals surface area contributed by atoms with Gasteiger partial charge in [-0.25, -0.2) is 0 Å². The van der Waals surface area contributed by atoms with E-state index in [0.717, 1.165) is 0 Å². The largest absolute Gasteiger partial charge is 0.488 e. The van der Waals surface area contributed by atoms with Crippen LogP contribution in [0.2, 0.25) is 5.02 Å². The number of benzene rings is 2. The van der Waals surface area contributed by atoms with Gasteiger partial charge >= 0.3 is 7.12 Å². The molecule has 0 saturated heterocycles. The van der Waals surface area contributed by atoms with Crippen LogP contribution in [0.5, 0.6) is 11.5 Å². The van der Waals surface area contributed by atoms with E-state index in [-0.39, 0.29) is 0 Å². The van der Waals surface area contributed by atoms with Crippen LogP contribution >= 0.6 is 11.6 Å². The van der Waals surface area contributed by atoms with Crippen molar-refractivity contribution in [2.75, 3.05) is 0 Å². The Balaban J connectivity index is 2.25. The smallest absolute Gasteiger partial charge is 0.456 e. The van der Waals surface area contributed by atoms with E-state index in [0.29, 0.717) is 22.0 Å². The summed E-state index contributed by atoms with van der Waals surface area (Å²) >= 11 is 5.95. The second-order valence-corrected chi connectivity index (χ2v) is 3.89. The minimum Gasteiger partial charge on any atom is -0.456 e. The molecule has 0 bridgehead atoms. The Morgan fingerprint density at radius 1 is 1.00 bits per heavy atom. The minimum absolute atomic E-state index is 0.370. The lowest BCUT2D eigenvalue weighted by Gasteiger charge is -2.08. The molecule has 2 N–H and O–H groups in total. The number of ether oxygens (including phenoxy) is 1. The van der Waals surface area contributed by atoms with Crippen LogP contribution in [0.1, 0.15) is 0 Å². The maximum Gasteiger partial charge on any atom is 0.488 e. The van der Waals surface area contributed by atoms with Gasteiger partial charge in [-0.05, 0) is 29.7 Å². The molecule has 2 aromatic rings. The molecule has 0 aliphatic carbocycles. The maximum absolute atomic E-state index is 9.04. The normalized spacial score (nSPS) is 10.1. The van der Waals surface area contributed by atoms with Crippen LogP contribution in [0.3, 0.4) is 0 Å². The highest BCUT2D eigenvalue weighted by Crippen LogP contribution is 2.28. The van der Waals surface area contributed by atoms with Crippen LogP contribution in [0, 0.1) is 0 Å². The number of halogens is 1. The highest BCUT2D eigenvalue weighted by Gasteiger charge is 2.11. The van der Waals surface area contributed by atoms with Crippen LogP contribution in [0.15, 0.2) is 48.5 Å². The number of hydrogen-bond acceptors (Lipinski definition) is 3. The van der Waals surface area contributed by atoms with Gasteiger partial charge in [0.1, 0.15) is 11.5 Å². The standard InChI is InChI=1S/C12H10BClO3/c14-11-6-1-2-7-12(11)17-10-5-3-4-9(8-10)13(15)16/h1-8,15-16H. The van der Waals surface area contributed by atoms with Crippen molar-refractivity contribution in [3.63, 3.8) is 0 Å². The molecule has 0 amide bonds. The molecule has 2 rings (SSSR count). The van der Waals surface area contributed by atoms with E-state index in [1.807, 2.05) is 12.1 Å². The van der Waals surface area contributed by atoms with Gasteiger partial charge in [0.15, 0.2) is 0 Å². The lowest BCUT2D eigenvalue weighted by Crippen LogP contribution is -2.29. The Labute approximate surface area is 104 Å². The van der Waals surface area contributed by atoms with Crippen LogP contribution < -0.4 is 10.2 Å². The average Bonchev–Trinajstić information content (AvgIpc) is 2.32. The number of para-hydroxylation sites is 1. The highest BCUT2D eigenvalue weighted by molar-refractivity contribution is 6.58. The molecule has 86 valence electrons. The zero-order chi connectivity index (χ0) is 12.3. The third-order valence-electron chi connectivity index (χ3n) is 2.22. The van der Waals surface area contributed by atoms with Gasteiger partial charge in [-0.15, -0.1) is 0 Å². The summed E-state index contributed by atoms with van der Waals surface area (Å²) in [7, 11) is -1.51. The number of rotatable bonds is 3. The molecule has 0 radical (unpaired) electrons. The summed E-state index contributed by atoms with van der Waals surface area (Å²) in [6, 6.07) is 13.6. The van der Waals surface area contributed by atoms with Gasteiger partial charge in [0, 0.05) is 0 Å². The zero-order valence-corrected chi connectivity index (χ0v) is 9.63. The summed E-state index contributed by atoms with van der Waals surface area (Å²) in [5, 5.41) is 18.6. The van der Waals surface area contributed by atoms with Crippen molar-refractivity contribution in [2.45, 2.75) is 0 Å². The first kappa shape index (κ1) is 12.0. The van der Waals surface area contributed by atoms with Gasteiger partial charge in [0.05, 0.1) is 5.02 Å². The molecule has 0 fully saturated rings. The molecule has 2 aromatic carbocycles. The van der Waals surface area contributed by atoms with Crippen molar-refractivity contribution >= 4 is 24.2 Å². The minimum atomic E-state index is -1.51. The first-order valence-corrected chi connectivity index (χ1v) is 5.43. The van der Waals surface area contributed by atoms with Crippen LogP contribution in [0.4, 0.5) is 0 Å². The van der Waals surface area contributed by atoms with Crippen molar-refractivity contribution in [3.05, 3.63) is 53.6 Å². The molecule has 0 aromatic heterocycles. The van der Waals surface area contributed by atoms with Gasteiger partial charge in [-0.2, -0.15) is 0 Å². The fourth-order valence-corrected chi connectivity index (χ4v) is 1.57. The Hall–Kier alpha value is -1.49. The summed E-state index contributed by atoms with van der Waals surface area (Å²) in [5.41, 5.74) is 0.370. The topological polar surface area (TPSA) is 49.7 Å². The summed E-state index contributed by atoms with van der Waals surface area (Å²) in [6.45, 7) is 0. The van der Waals surface area contributed by atoms with Crippen molar-refractivity contribution in [2.24, 2.45) is 0 Å². The van der Waals surface area contributed by atoms with E-state index in [2.05, 4.69) is 0 Å². The molecule has 0 heterocycles. The average molecular weight is 248 g/mol. The maximum atomic E-state index is 9.04. The lowest BCUT2D eigenvalue weighted by molar-refractivity contribution is 0.425. The SMILES string of the molecule is OB(O)c1cccc(Oc2ccccc2Cl)c1. The molecule has 0 aliphatic heterocycles. The fourth-order valence-electron chi connectivity index (χ4n) is 1.39. The quantitative estimate of drug-likeness (QED) is 0.815. The van der Waals surface area contributed by atoms with Gasteiger partial charge in [0.2, 0.25) is 0 Å². The van der Waals surface area contributed by atoms with Crippen molar-refractivity contribution in [1.29, 1.82) is 0 Å². The molecule has 0 saturated carbocycles. The van der Waals surface area contributed by atoms with Crippen LogP contribution in [-0.4, -0.2) is 17.2 Å². The second-order valence-electron chi connectivity index (χ2n) is 3.48. The van der Waals surface area contributed by atoms with E-state index < -0.39 is 7.12 Å². The summed E-state index contributed by atoms with van der Waals surface area (Å²) in [4.78, 5) is 0. The van der Waals surface area contributed by atoms with Crippen molar-refractivity contribution < 1.29 is 14.8 Å². The predicted molar refractivity (Wildman–Crippen MR) is 67.8 cm³/mol. The van der Waals surface area contributed by atoms with Crippen LogP contribution in [-0.2, 0) is 0 Å². The van der Waals surface area contributed by atoms with Crippen molar-refractivity contribution in [3.8, 4) is 11.5 Å². The third-order valence-corrected chi connectivity index (χ3v) is 2.53. The Morgan fingerprint density at radius 3 is 2.47 bits per heavy atom. The highest BCUT2D eigenvalue weighted by atomic mass is 35.5. The summed E-state index contributed by atoms with van der Waals surface area (Å²) < 4.78 is 5.55. The predicted octanol–water partition coefficient (Wildman–Crippen LogP) is 1.81. The second kappa shape index (κ2) is 5.23. The molecule has 17 heavy (non-hydrogen) atoms. The van der Waals surface area contributed by atoms with Gasteiger partial charge in [-0.1, -0.05) is 35.9 Å². The monoisotopic (exact) mass is 248 g/mol. The molecular weight excluding hydrogens is 238 g/mol. The van der Waals surface area contributed by atoms with Crippen LogP contribution in [0.25, 0.3) is 0 Å². The van der Waals surface area contributed by atoms with E-state index in [9.17, 15) is 0 Å². The Morgan fingerprint density at radius 2 is 1.76 bits per heavy atom. The first-order valence-electron chi connectivity index (χ1n) is 5.05. The molecule has 0 atom stereocenters. The Kier molecular flexibility index (Phi) is 3.69. The van der Waals surface area contributed by atoms with Crippen molar-refractivity contribution in [1.82, 2.24) is 0 Å². The summed E-state index contributed by atoms with van der Waals surface area (Å²) in [5.74, 6) is 1.03. The fraction of sp³-hybridized carbons (Fsp3) is 0. The van der Waals surface area contributed by atoms with E-state index in [4.69, 9.17) is 26.4 Å². The van der Waals surface area contributed by atoms with E-state index in [1.165, 1.54) is 0 Å². The molecule has 3 nitrogen and oxygen atoms in total. The molecule has 0 aliphatic rings. The molecule has 5 heteroatoms. The molecular formula is C12H10BClO3. The van der Waals surface area contributed by atoms with Gasteiger partial charge in [0.25, 0.3) is 0 Å². The van der Waals surface area contributed by atoms with Gasteiger partial charge < -0.3 is 14.8 Å². The first-order chi connectivity index (χ1) is 8.16. The third kappa shape index (κ3) is 3.00. The Bertz CT molecular complexity index is 517. The van der Waals surface area contributed by atoms with E-state index >= 15 is 0 Å². The number of hydrogen-bond donors (Lipinski definition) is 2. The summed E-state index contributed by atoms with van der Waals surface area (Å²) in [6.07, 6.45) is 0. The zero-order valence-electron chi connectivity index (χ0n) is 8.88. The lowest BCUT2D eigenvalue weighted by atomic mass is 9.80. The molecule has 0 spiro atoms. The molecule has 0 unspecified atom stereocenters. The van der Waals surface area contributed by atoms with Gasteiger partial charge in [-0.3, -0.25) is 0 Å².